The van der Waals surface area contributed by atoms with Gasteiger partial charge in [-0.15, -0.1) is 0 Å². The number of hydrogen-bond donors (Lipinski definition) is 1. The maximum Gasteiger partial charge on any atom is 0.226 e. The van der Waals surface area contributed by atoms with Crippen LogP contribution in [-0.2, 0) is 11.2 Å². The molecule has 22 heavy (non-hydrogen) atoms. The monoisotopic (exact) mass is 312 g/mol. The molecule has 0 saturated carbocycles. The summed E-state index contributed by atoms with van der Waals surface area (Å²) < 4.78 is 0. The molecule has 2 heterocycles. The number of amides is 1. The first-order valence-corrected chi connectivity index (χ1v) is 8.75. The molecule has 1 aromatic heterocycles. The molecule has 1 saturated heterocycles. The highest BCUT2D eigenvalue weighted by atomic mass is 32.2. The molecule has 0 radical (unpaired) electrons. The van der Waals surface area contributed by atoms with Gasteiger partial charge >= 0.3 is 0 Å². The van der Waals surface area contributed by atoms with Gasteiger partial charge in [0.05, 0.1) is 6.42 Å². The Morgan fingerprint density at radius 1 is 1.18 bits per heavy atom. The molecule has 1 aliphatic heterocycles. The van der Waals surface area contributed by atoms with Crippen molar-refractivity contribution in [3.05, 3.63) is 54.4 Å². The largest absolute Gasteiger partial charge is 0.355 e. The van der Waals surface area contributed by atoms with Crippen LogP contribution in [0.5, 0.6) is 0 Å². The maximum atomic E-state index is 12.0. The molecule has 3 rings (SSSR count). The molecule has 3 nitrogen and oxygen atoms in total. The van der Waals surface area contributed by atoms with Crippen molar-refractivity contribution in [2.24, 2.45) is 0 Å². The minimum atomic E-state index is 0.0625. The quantitative estimate of drug-likeness (QED) is 0.921. The van der Waals surface area contributed by atoms with Crippen LogP contribution in [0.3, 0.4) is 0 Å². The van der Waals surface area contributed by atoms with E-state index in [1.807, 2.05) is 48.3 Å². The maximum absolute atomic E-state index is 12.0. The average Bonchev–Trinajstić information content (AvgIpc) is 3.08. The lowest BCUT2D eigenvalue weighted by Gasteiger charge is -2.10. The Balaban J connectivity index is 1.53. The van der Waals surface area contributed by atoms with E-state index in [0.717, 1.165) is 23.4 Å². The molecule has 2 aromatic rings. The van der Waals surface area contributed by atoms with Gasteiger partial charge in [0.15, 0.2) is 0 Å². The van der Waals surface area contributed by atoms with Crippen LogP contribution in [0.4, 0.5) is 0 Å². The van der Waals surface area contributed by atoms with Gasteiger partial charge in [0.25, 0.3) is 0 Å². The van der Waals surface area contributed by atoms with E-state index in [9.17, 15) is 4.79 Å². The first kappa shape index (κ1) is 15.1. The van der Waals surface area contributed by atoms with E-state index < -0.39 is 0 Å². The third-order valence-corrected chi connectivity index (χ3v) is 5.22. The predicted molar refractivity (Wildman–Crippen MR) is 91.9 cm³/mol. The van der Waals surface area contributed by atoms with Gasteiger partial charge in [-0.2, -0.15) is 11.8 Å². The third kappa shape index (κ3) is 4.10. The topological polar surface area (TPSA) is 42.0 Å². The molecule has 1 atom stereocenters. The second-order valence-electron chi connectivity index (χ2n) is 5.52. The molecule has 1 N–H and O–H groups in total. The summed E-state index contributed by atoms with van der Waals surface area (Å²) >= 11 is 1.96. The fourth-order valence-electron chi connectivity index (χ4n) is 2.59. The van der Waals surface area contributed by atoms with Gasteiger partial charge in [0.2, 0.25) is 5.91 Å². The Morgan fingerprint density at radius 2 is 2.05 bits per heavy atom. The molecule has 1 aliphatic rings. The summed E-state index contributed by atoms with van der Waals surface area (Å²) in [6.45, 7) is 0.783. The highest BCUT2D eigenvalue weighted by Gasteiger charge is 2.16. The van der Waals surface area contributed by atoms with Crippen LogP contribution in [0, 0.1) is 0 Å². The van der Waals surface area contributed by atoms with Gasteiger partial charge in [-0.25, -0.2) is 0 Å². The van der Waals surface area contributed by atoms with Crippen molar-refractivity contribution in [1.82, 2.24) is 10.3 Å². The number of aromatic nitrogens is 1. The van der Waals surface area contributed by atoms with Gasteiger partial charge in [-0.3, -0.25) is 9.78 Å². The first-order chi connectivity index (χ1) is 10.8. The van der Waals surface area contributed by atoms with E-state index in [1.54, 1.807) is 0 Å². The van der Waals surface area contributed by atoms with Crippen LogP contribution in [0.15, 0.2) is 48.7 Å². The lowest BCUT2D eigenvalue weighted by atomic mass is 10.1. The smallest absolute Gasteiger partial charge is 0.226 e. The van der Waals surface area contributed by atoms with Gasteiger partial charge < -0.3 is 5.32 Å². The fourth-order valence-corrected chi connectivity index (χ4v) is 3.79. The molecule has 0 spiro atoms. The second-order valence-corrected chi connectivity index (χ2v) is 6.93. The summed E-state index contributed by atoms with van der Waals surface area (Å²) in [5, 5.41) is 3.61. The molecular formula is C18H20N2OS. The zero-order chi connectivity index (χ0) is 15.2. The van der Waals surface area contributed by atoms with E-state index in [0.29, 0.717) is 11.7 Å². The molecule has 1 fully saturated rings. The normalized spacial score (nSPS) is 17.4. The number of carbonyl (C=O) groups is 1. The minimum absolute atomic E-state index is 0.0625. The van der Waals surface area contributed by atoms with Crippen LogP contribution in [0.2, 0.25) is 0 Å². The minimum Gasteiger partial charge on any atom is -0.355 e. The van der Waals surface area contributed by atoms with Crippen molar-refractivity contribution in [2.45, 2.75) is 24.5 Å². The van der Waals surface area contributed by atoms with E-state index in [-0.39, 0.29) is 5.91 Å². The molecule has 1 unspecified atom stereocenters. The second kappa shape index (κ2) is 7.45. The van der Waals surface area contributed by atoms with Crippen molar-refractivity contribution >= 4 is 17.7 Å². The molecular weight excluding hydrogens is 292 g/mol. The first-order valence-electron chi connectivity index (χ1n) is 7.70. The Hall–Kier alpha value is -1.81. The summed E-state index contributed by atoms with van der Waals surface area (Å²) in [7, 11) is 0. The van der Waals surface area contributed by atoms with Crippen LogP contribution < -0.4 is 5.32 Å². The van der Waals surface area contributed by atoms with E-state index in [2.05, 4.69) is 22.4 Å². The van der Waals surface area contributed by atoms with E-state index in [4.69, 9.17) is 0 Å². The molecule has 1 aromatic carbocycles. The Labute approximate surface area is 135 Å². The Bertz CT molecular complexity index is 607. The van der Waals surface area contributed by atoms with E-state index >= 15 is 0 Å². The third-order valence-electron chi connectivity index (χ3n) is 3.82. The van der Waals surface area contributed by atoms with Gasteiger partial charge in [0, 0.05) is 29.2 Å². The van der Waals surface area contributed by atoms with Crippen molar-refractivity contribution in [1.29, 1.82) is 0 Å². The van der Waals surface area contributed by atoms with Crippen LogP contribution in [0.1, 0.15) is 18.5 Å². The lowest BCUT2D eigenvalue weighted by Crippen LogP contribution is -2.31. The molecule has 0 aliphatic carbocycles. The molecule has 114 valence electrons. The highest BCUT2D eigenvalue weighted by molar-refractivity contribution is 8.00. The van der Waals surface area contributed by atoms with Crippen LogP contribution >= 0.6 is 11.8 Å². The number of carbonyl (C=O) groups excluding carboxylic acids is 1. The van der Waals surface area contributed by atoms with Crippen molar-refractivity contribution in [3.8, 4) is 11.1 Å². The summed E-state index contributed by atoms with van der Waals surface area (Å²) in [6.07, 6.45) is 4.68. The van der Waals surface area contributed by atoms with Crippen molar-refractivity contribution in [2.75, 3.05) is 12.3 Å². The zero-order valence-electron chi connectivity index (χ0n) is 12.5. The van der Waals surface area contributed by atoms with Crippen LogP contribution in [-0.4, -0.2) is 28.4 Å². The van der Waals surface area contributed by atoms with Crippen molar-refractivity contribution in [3.63, 3.8) is 0 Å². The average molecular weight is 312 g/mol. The summed E-state index contributed by atoms with van der Waals surface area (Å²) in [5.41, 5.74) is 3.03. The number of hydrogen-bond acceptors (Lipinski definition) is 3. The number of rotatable bonds is 5. The summed E-state index contributed by atoms with van der Waals surface area (Å²) in [6, 6.07) is 14.1. The van der Waals surface area contributed by atoms with Crippen molar-refractivity contribution < 1.29 is 4.79 Å². The summed E-state index contributed by atoms with van der Waals surface area (Å²) in [5.74, 6) is 1.29. The molecule has 0 bridgehead atoms. The lowest BCUT2D eigenvalue weighted by molar-refractivity contribution is -0.120. The number of pyridine rings is 1. The van der Waals surface area contributed by atoms with Gasteiger partial charge in [-0.05, 0) is 30.2 Å². The predicted octanol–water partition coefficient (Wildman–Crippen LogP) is 3.30. The molecule has 4 heteroatoms. The number of thioether (sulfide) groups is 1. The fraction of sp³-hybridized carbons (Fsp3) is 0.333. The van der Waals surface area contributed by atoms with Gasteiger partial charge in [0.1, 0.15) is 0 Å². The number of nitrogens with one attached hydrogen (secondary N) is 1. The standard InChI is InChI=1S/C18H20N2OS/c21-18(20-13-17-7-4-10-22-17)11-16-9-8-15(12-19-16)14-5-2-1-3-6-14/h1-3,5-6,8-9,12,17H,4,7,10-11,13H2,(H,20,21). The number of nitrogens with zero attached hydrogens (tertiary/aromatic N) is 1. The SMILES string of the molecule is O=C(Cc1ccc(-c2ccccc2)cn1)NCC1CCCS1. The number of benzene rings is 1. The zero-order valence-corrected chi connectivity index (χ0v) is 13.3. The van der Waals surface area contributed by atoms with E-state index in [1.165, 1.54) is 18.6 Å². The summed E-state index contributed by atoms with van der Waals surface area (Å²) in [4.78, 5) is 16.4. The van der Waals surface area contributed by atoms with Gasteiger partial charge in [-0.1, -0.05) is 36.4 Å². The highest BCUT2D eigenvalue weighted by Crippen LogP contribution is 2.25. The van der Waals surface area contributed by atoms with Crippen LogP contribution in [0.25, 0.3) is 11.1 Å². The Morgan fingerprint density at radius 3 is 2.73 bits per heavy atom. The molecule has 1 amide bonds. The Kier molecular flexibility index (Phi) is 5.11.